The van der Waals surface area contributed by atoms with Gasteiger partial charge in [0.05, 0.1) is 16.4 Å². The molecule has 3 aliphatic rings. The minimum absolute atomic E-state index is 0.0385. The fourth-order valence-electron chi connectivity index (χ4n) is 5.77. The van der Waals surface area contributed by atoms with Crippen molar-refractivity contribution in [2.45, 2.75) is 51.7 Å². The average molecular weight is 566 g/mol. The van der Waals surface area contributed by atoms with E-state index in [0.717, 1.165) is 72.8 Å². The number of aryl methyl sites for hydroxylation is 1. The molecular formula is C27H35N9O3S. The summed E-state index contributed by atoms with van der Waals surface area (Å²) < 4.78 is 7.99. The predicted molar refractivity (Wildman–Crippen MR) is 154 cm³/mol. The van der Waals surface area contributed by atoms with Crippen molar-refractivity contribution in [2.75, 3.05) is 49.9 Å². The van der Waals surface area contributed by atoms with Crippen LogP contribution in [0.1, 0.15) is 53.0 Å². The Morgan fingerprint density at radius 3 is 2.85 bits per heavy atom. The third kappa shape index (κ3) is 5.22. The van der Waals surface area contributed by atoms with Gasteiger partial charge in [0.15, 0.2) is 10.7 Å². The lowest BCUT2D eigenvalue weighted by molar-refractivity contribution is -0.127. The number of anilines is 2. The molecule has 212 valence electrons. The molecule has 4 N–H and O–H groups in total. The van der Waals surface area contributed by atoms with Crippen molar-refractivity contribution in [3.05, 3.63) is 34.0 Å². The van der Waals surface area contributed by atoms with Gasteiger partial charge in [-0.05, 0) is 57.3 Å². The van der Waals surface area contributed by atoms with Gasteiger partial charge in [-0.25, -0.2) is 14.5 Å². The van der Waals surface area contributed by atoms with E-state index >= 15 is 0 Å². The predicted octanol–water partition coefficient (Wildman–Crippen LogP) is 1.85. The van der Waals surface area contributed by atoms with Crippen molar-refractivity contribution in [1.82, 2.24) is 35.1 Å². The first-order chi connectivity index (χ1) is 19.4. The molecule has 6 heterocycles. The summed E-state index contributed by atoms with van der Waals surface area (Å²) in [6.45, 7) is 7.85. The van der Waals surface area contributed by atoms with E-state index in [9.17, 15) is 9.59 Å². The number of nitrogens with one attached hydrogen (secondary N) is 2. The van der Waals surface area contributed by atoms with Gasteiger partial charge in [-0.2, -0.15) is 5.10 Å². The Bertz CT molecular complexity index is 1460. The summed E-state index contributed by atoms with van der Waals surface area (Å²) in [5.74, 6) is 0.727. The lowest BCUT2D eigenvalue weighted by Crippen LogP contribution is -2.47. The zero-order valence-electron chi connectivity index (χ0n) is 22.9. The Kier molecular flexibility index (Phi) is 7.32. The Balaban J connectivity index is 1.21. The molecule has 2 saturated heterocycles. The molecular weight excluding hydrogens is 530 g/mol. The molecule has 0 unspecified atom stereocenters. The number of nitrogens with zero attached hydrogens (tertiary/aromatic N) is 6. The van der Waals surface area contributed by atoms with E-state index in [2.05, 4.69) is 42.7 Å². The average Bonchev–Trinajstić information content (AvgIpc) is 3.67. The number of aromatic nitrogens is 4. The summed E-state index contributed by atoms with van der Waals surface area (Å²) in [5, 5.41) is 11.9. The molecule has 2 fully saturated rings. The van der Waals surface area contributed by atoms with Gasteiger partial charge >= 0.3 is 0 Å². The summed E-state index contributed by atoms with van der Waals surface area (Å²) >= 11 is 1.37. The third-order valence-electron chi connectivity index (χ3n) is 7.83. The second-order valence-corrected chi connectivity index (χ2v) is 11.8. The molecule has 0 bridgehead atoms. The van der Waals surface area contributed by atoms with Crippen LogP contribution in [0.25, 0.3) is 11.1 Å². The van der Waals surface area contributed by atoms with Crippen LogP contribution in [0.3, 0.4) is 0 Å². The number of rotatable bonds is 6. The number of hydrogen-bond acceptors (Lipinski definition) is 10. The van der Waals surface area contributed by atoms with Gasteiger partial charge in [0.2, 0.25) is 11.8 Å². The van der Waals surface area contributed by atoms with Crippen molar-refractivity contribution in [1.29, 1.82) is 0 Å². The van der Waals surface area contributed by atoms with Gasteiger partial charge in [0.25, 0.3) is 5.91 Å². The lowest BCUT2D eigenvalue weighted by atomic mass is 10.0. The molecule has 12 nitrogen and oxygen atoms in total. The van der Waals surface area contributed by atoms with Crippen molar-refractivity contribution >= 4 is 45.7 Å². The second kappa shape index (κ2) is 11.0. The number of carbonyl (C=O) groups is 2. The number of piperidine rings is 2. The Labute approximate surface area is 236 Å². The maximum absolute atomic E-state index is 13.4. The molecule has 0 saturated carbocycles. The maximum atomic E-state index is 13.4. The first-order valence-electron chi connectivity index (χ1n) is 13.8. The zero-order valence-corrected chi connectivity index (χ0v) is 23.7. The third-order valence-corrected chi connectivity index (χ3v) is 8.78. The number of nitrogens with two attached hydrogens (primary N) is 1. The number of amides is 2. The molecule has 3 aromatic rings. The monoisotopic (exact) mass is 565 g/mol. The SMILES string of the molecule is CC(=O)N1CC=C(c2cc(N3CCC[C@@H](NC(=O)c4sc(C)nc4OC4CCNCC4)C3)c3c(N)ncnn23)C1. The van der Waals surface area contributed by atoms with Crippen molar-refractivity contribution in [3.8, 4) is 5.88 Å². The molecule has 0 aromatic carbocycles. The molecule has 0 aliphatic carbocycles. The molecule has 13 heteroatoms. The Morgan fingerprint density at radius 1 is 1.25 bits per heavy atom. The van der Waals surface area contributed by atoms with E-state index in [1.807, 2.05) is 11.4 Å². The minimum atomic E-state index is -0.146. The summed E-state index contributed by atoms with van der Waals surface area (Å²) in [5.41, 5.74) is 9.95. The van der Waals surface area contributed by atoms with Gasteiger partial charge < -0.3 is 30.9 Å². The fraction of sp³-hybridized carbons (Fsp3) is 0.519. The van der Waals surface area contributed by atoms with Crippen LogP contribution in [0.15, 0.2) is 18.5 Å². The van der Waals surface area contributed by atoms with Crippen LogP contribution in [0.5, 0.6) is 5.88 Å². The number of carbonyl (C=O) groups excluding carboxylic acids is 2. The zero-order chi connectivity index (χ0) is 27.8. The van der Waals surface area contributed by atoms with Gasteiger partial charge in [-0.15, -0.1) is 11.3 Å². The van der Waals surface area contributed by atoms with Crippen molar-refractivity contribution < 1.29 is 14.3 Å². The van der Waals surface area contributed by atoms with E-state index in [1.165, 1.54) is 17.7 Å². The molecule has 3 aliphatic heterocycles. The second-order valence-electron chi connectivity index (χ2n) is 10.6. The van der Waals surface area contributed by atoms with Gasteiger partial charge in [0, 0.05) is 39.1 Å². The first kappa shape index (κ1) is 26.5. The maximum Gasteiger partial charge on any atom is 0.267 e. The Morgan fingerprint density at radius 2 is 2.08 bits per heavy atom. The Hall–Kier alpha value is -3.71. The summed E-state index contributed by atoms with van der Waals surface area (Å²) in [6.07, 6.45) is 7.17. The first-order valence-corrected chi connectivity index (χ1v) is 14.7. The van der Waals surface area contributed by atoms with Crippen LogP contribution in [-0.2, 0) is 4.79 Å². The topological polar surface area (TPSA) is 143 Å². The fourth-order valence-corrected chi connectivity index (χ4v) is 6.52. The number of nitrogen functional groups attached to an aromatic ring is 1. The van der Waals surface area contributed by atoms with Crippen LogP contribution in [0, 0.1) is 6.92 Å². The molecule has 2 amide bonds. The van der Waals surface area contributed by atoms with Crippen LogP contribution in [0.4, 0.5) is 11.5 Å². The molecule has 3 aromatic heterocycles. The molecule has 0 radical (unpaired) electrons. The van der Waals surface area contributed by atoms with Crippen molar-refractivity contribution in [2.24, 2.45) is 0 Å². The summed E-state index contributed by atoms with van der Waals surface area (Å²) in [7, 11) is 0. The largest absolute Gasteiger partial charge is 0.473 e. The van der Waals surface area contributed by atoms with Gasteiger partial charge in [-0.3, -0.25) is 9.59 Å². The highest BCUT2D eigenvalue weighted by molar-refractivity contribution is 7.13. The van der Waals surface area contributed by atoms with E-state index in [1.54, 1.807) is 11.8 Å². The van der Waals surface area contributed by atoms with E-state index in [0.29, 0.717) is 36.2 Å². The quantitative estimate of drug-likeness (QED) is 0.408. The normalized spacial score (nSPS) is 20.1. The highest BCUT2D eigenvalue weighted by Gasteiger charge is 2.30. The van der Waals surface area contributed by atoms with E-state index in [-0.39, 0.29) is 24.0 Å². The molecule has 1 atom stereocenters. The van der Waals surface area contributed by atoms with E-state index in [4.69, 9.17) is 10.5 Å². The standard InChI is InChI=1S/C27H35N9O3S/c1-16-32-27(39-20-5-8-29-9-6-20)24(40-16)26(38)33-19-4-3-10-35(14-19)22-12-21(18-7-11-34(13-18)17(2)37)36-23(22)25(28)30-15-31-36/h7,12,15,19-20,29H,3-6,8-11,13-14H2,1-2H3,(H,33,38)(H2,28,30,31)/t19-/m1/s1. The van der Waals surface area contributed by atoms with Gasteiger partial charge in [0.1, 0.15) is 17.9 Å². The number of ether oxygens (including phenoxy) is 1. The smallest absolute Gasteiger partial charge is 0.267 e. The number of hydrogen-bond donors (Lipinski definition) is 3. The van der Waals surface area contributed by atoms with E-state index < -0.39 is 0 Å². The summed E-state index contributed by atoms with van der Waals surface area (Å²) in [6, 6.07) is 2.02. The number of thiazole rings is 1. The lowest BCUT2D eigenvalue weighted by Gasteiger charge is -2.34. The van der Waals surface area contributed by atoms with Crippen LogP contribution < -0.4 is 26.0 Å². The number of fused-ring (bicyclic) bond motifs is 1. The summed E-state index contributed by atoms with van der Waals surface area (Å²) in [4.78, 5) is 38.7. The van der Waals surface area contributed by atoms with Crippen LogP contribution in [-0.4, -0.2) is 87.7 Å². The molecule has 6 rings (SSSR count). The van der Waals surface area contributed by atoms with Crippen LogP contribution >= 0.6 is 11.3 Å². The minimum Gasteiger partial charge on any atom is -0.473 e. The molecule has 0 spiro atoms. The highest BCUT2D eigenvalue weighted by atomic mass is 32.1. The van der Waals surface area contributed by atoms with Crippen molar-refractivity contribution in [3.63, 3.8) is 0 Å². The molecule has 40 heavy (non-hydrogen) atoms. The van der Waals surface area contributed by atoms with Crippen LogP contribution in [0.2, 0.25) is 0 Å². The van der Waals surface area contributed by atoms with Gasteiger partial charge in [-0.1, -0.05) is 6.08 Å². The highest BCUT2D eigenvalue weighted by Crippen LogP contribution is 2.35.